The van der Waals surface area contributed by atoms with Crippen molar-refractivity contribution in [1.29, 1.82) is 0 Å². The van der Waals surface area contributed by atoms with Gasteiger partial charge in [0.05, 0.1) is 30.4 Å². The summed E-state index contributed by atoms with van der Waals surface area (Å²) < 4.78 is 5.21. The second-order valence-corrected chi connectivity index (χ2v) is 5.21. The van der Waals surface area contributed by atoms with E-state index in [2.05, 4.69) is 20.5 Å². The number of pyridine rings is 2. The number of benzene rings is 1. The average Bonchev–Trinajstić information content (AvgIpc) is 2.67. The van der Waals surface area contributed by atoms with E-state index in [0.717, 1.165) is 34.0 Å². The van der Waals surface area contributed by atoms with Crippen LogP contribution in [0.25, 0.3) is 11.1 Å². The summed E-state index contributed by atoms with van der Waals surface area (Å²) >= 11 is 0. The maximum atomic E-state index is 5.21. The van der Waals surface area contributed by atoms with E-state index >= 15 is 0 Å². The molecule has 2 aromatic heterocycles. The predicted octanol–water partition coefficient (Wildman–Crippen LogP) is 3.99. The minimum absolute atomic E-state index is 0.741. The van der Waals surface area contributed by atoms with Crippen molar-refractivity contribution in [2.75, 3.05) is 12.5 Å². The molecule has 0 spiro atoms. The van der Waals surface area contributed by atoms with Crippen LogP contribution in [0.5, 0.6) is 5.75 Å². The van der Waals surface area contributed by atoms with Gasteiger partial charge in [-0.3, -0.25) is 15.4 Å². The summed E-state index contributed by atoms with van der Waals surface area (Å²) in [5.41, 5.74) is 7.72. The molecule has 0 unspecified atom stereocenters. The maximum Gasteiger partial charge on any atom is 0.137 e. The molecule has 0 radical (unpaired) electrons. The van der Waals surface area contributed by atoms with Crippen LogP contribution in [0.2, 0.25) is 0 Å². The van der Waals surface area contributed by atoms with E-state index in [4.69, 9.17) is 4.74 Å². The van der Waals surface area contributed by atoms with E-state index in [1.165, 1.54) is 0 Å². The molecule has 1 N–H and O–H groups in total. The molecule has 120 valence electrons. The van der Waals surface area contributed by atoms with Gasteiger partial charge in [0.15, 0.2) is 0 Å². The van der Waals surface area contributed by atoms with Crippen molar-refractivity contribution < 1.29 is 4.74 Å². The first kappa shape index (κ1) is 15.7. The van der Waals surface area contributed by atoms with Crippen LogP contribution in [0, 0.1) is 0 Å². The molecule has 3 rings (SSSR count). The molecule has 0 atom stereocenters. The third-order valence-corrected chi connectivity index (χ3v) is 3.56. The number of hydrazone groups is 1. The van der Waals surface area contributed by atoms with Crippen molar-refractivity contribution in [2.24, 2.45) is 5.10 Å². The van der Waals surface area contributed by atoms with E-state index in [9.17, 15) is 0 Å². The van der Waals surface area contributed by atoms with Crippen molar-refractivity contribution in [1.82, 2.24) is 9.97 Å². The molecule has 0 saturated carbocycles. The predicted molar refractivity (Wildman–Crippen MR) is 96.3 cm³/mol. The SMILES string of the molecule is COc1cncc(-c2ccc(NN=C(C)c3ccccn3)cc2)c1. The number of hydrogen-bond acceptors (Lipinski definition) is 5. The number of methoxy groups -OCH3 is 1. The zero-order valence-electron chi connectivity index (χ0n) is 13.6. The number of aromatic nitrogens is 2. The molecule has 0 fully saturated rings. The summed E-state index contributed by atoms with van der Waals surface area (Å²) in [6, 6.07) is 15.7. The second kappa shape index (κ2) is 7.37. The summed E-state index contributed by atoms with van der Waals surface area (Å²) in [5, 5.41) is 4.37. The van der Waals surface area contributed by atoms with Gasteiger partial charge in [-0.2, -0.15) is 5.10 Å². The zero-order chi connectivity index (χ0) is 16.8. The Kier molecular flexibility index (Phi) is 4.81. The van der Waals surface area contributed by atoms with Gasteiger partial charge in [0.2, 0.25) is 0 Å². The van der Waals surface area contributed by atoms with Crippen molar-refractivity contribution in [3.63, 3.8) is 0 Å². The van der Waals surface area contributed by atoms with Crippen molar-refractivity contribution >= 4 is 11.4 Å². The quantitative estimate of drug-likeness (QED) is 0.571. The lowest BCUT2D eigenvalue weighted by atomic mass is 10.1. The van der Waals surface area contributed by atoms with Crippen molar-refractivity contribution in [3.8, 4) is 16.9 Å². The molecule has 0 aliphatic rings. The number of rotatable bonds is 5. The monoisotopic (exact) mass is 318 g/mol. The molecule has 5 heteroatoms. The van der Waals surface area contributed by atoms with Gasteiger partial charge in [0.1, 0.15) is 5.75 Å². The van der Waals surface area contributed by atoms with E-state index in [1.54, 1.807) is 19.5 Å². The fraction of sp³-hybridized carbons (Fsp3) is 0.105. The normalized spacial score (nSPS) is 11.2. The third kappa shape index (κ3) is 3.76. The highest BCUT2D eigenvalue weighted by molar-refractivity contribution is 5.97. The minimum Gasteiger partial charge on any atom is -0.495 e. The van der Waals surface area contributed by atoms with Gasteiger partial charge in [-0.15, -0.1) is 0 Å². The lowest BCUT2D eigenvalue weighted by molar-refractivity contribution is 0.413. The number of anilines is 1. The molecule has 5 nitrogen and oxygen atoms in total. The van der Waals surface area contributed by atoms with Gasteiger partial charge in [-0.25, -0.2) is 0 Å². The fourth-order valence-corrected chi connectivity index (χ4v) is 2.21. The van der Waals surface area contributed by atoms with Crippen LogP contribution in [-0.4, -0.2) is 22.8 Å². The summed E-state index contributed by atoms with van der Waals surface area (Å²) in [6.07, 6.45) is 5.26. The van der Waals surface area contributed by atoms with Gasteiger partial charge in [-0.05, 0) is 42.8 Å². The average molecular weight is 318 g/mol. The number of nitrogens with zero attached hydrogens (tertiary/aromatic N) is 3. The van der Waals surface area contributed by atoms with Gasteiger partial charge in [0.25, 0.3) is 0 Å². The number of nitrogens with one attached hydrogen (secondary N) is 1. The summed E-state index contributed by atoms with van der Waals surface area (Å²) in [5.74, 6) is 0.741. The fourth-order valence-electron chi connectivity index (χ4n) is 2.21. The van der Waals surface area contributed by atoms with E-state index in [0.29, 0.717) is 0 Å². The Morgan fingerprint density at radius 3 is 2.58 bits per heavy atom. The van der Waals surface area contributed by atoms with Gasteiger partial charge < -0.3 is 4.74 Å². The van der Waals surface area contributed by atoms with Crippen molar-refractivity contribution in [2.45, 2.75) is 6.92 Å². The van der Waals surface area contributed by atoms with Crippen molar-refractivity contribution in [3.05, 3.63) is 72.8 Å². The Bertz CT molecular complexity index is 830. The van der Waals surface area contributed by atoms with Gasteiger partial charge in [-0.1, -0.05) is 18.2 Å². The Labute approximate surface area is 141 Å². The van der Waals surface area contributed by atoms with Crippen LogP contribution in [0.4, 0.5) is 5.69 Å². The Morgan fingerprint density at radius 2 is 1.88 bits per heavy atom. The summed E-state index contributed by atoms with van der Waals surface area (Å²) in [6.45, 7) is 1.92. The largest absolute Gasteiger partial charge is 0.495 e. The van der Waals surface area contributed by atoms with E-state index in [1.807, 2.05) is 61.7 Å². The van der Waals surface area contributed by atoms with Crippen LogP contribution in [0.1, 0.15) is 12.6 Å². The molecular formula is C19H18N4O. The number of hydrogen-bond donors (Lipinski definition) is 1. The smallest absolute Gasteiger partial charge is 0.137 e. The molecular weight excluding hydrogens is 300 g/mol. The highest BCUT2D eigenvalue weighted by Gasteiger charge is 2.01. The van der Waals surface area contributed by atoms with Crippen LogP contribution in [0.15, 0.2) is 72.2 Å². The lowest BCUT2D eigenvalue weighted by Gasteiger charge is -2.06. The maximum absolute atomic E-state index is 5.21. The molecule has 0 bridgehead atoms. The first-order valence-corrected chi connectivity index (χ1v) is 7.57. The summed E-state index contributed by atoms with van der Waals surface area (Å²) in [4.78, 5) is 8.45. The Balaban J connectivity index is 1.73. The highest BCUT2D eigenvalue weighted by Crippen LogP contribution is 2.23. The Hall–Kier alpha value is -3.21. The van der Waals surface area contributed by atoms with Gasteiger partial charge >= 0.3 is 0 Å². The second-order valence-electron chi connectivity index (χ2n) is 5.21. The minimum atomic E-state index is 0.741. The molecule has 0 saturated heterocycles. The Morgan fingerprint density at radius 1 is 1.04 bits per heavy atom. The highest BCUT2D eigenvalue weighted by atomic mass is 16.5. The van der Waals surface area contributed by atoms with Crippen LogP contribution in [-0.2, 0) is 0 Å². The van der Waals surface area contributed by atoms with E-state index in [-0.39, 0.29) is 0 Å². The topological polar surface area (TPSA) is 59.4 Å². The third-order valence-electron chi connectivity index (χ3n) is 3.56. The molecule has 2 heterocycles. The molecule has 1 aromatic carbocycles. The van der Waals surface area contributed by atoms with Crippen LogP contribution in [0.3, 0.4) is 0 Å². The lowest BCUT2D eigenvalue weighted by Crippen LogP contribution is -2.01. The van der Waals surface area contributed by atoms with E-state index < -0.39 is 0 Å². The first-order valence-electron chi connectivity index (χ1n) is 7.57. The standard InChI is InChI=1S/C19H18N4O/c1-14(19-5-3-4-10-21-19)22-23-17-8-6-15(7-9-17)16-11-18(24-2)13-20-12-16/h3-13,23H,1-2H3. The van der Waals surface area contributed by atoms with Crippen LogP contribution >= 0.6 is 0 Å². The number of ether oxygens (including phenoxy) is 1. The first-order chi connectivity index (χ1) is 11.8. The molecule has 0 aliphatic carbocycles. The molecule has 3 aromatic rings. The summed E-state index contributed by atoms with van der Waals surface area (Å²) in [7, 11) is 1.63. The van der Waals surface area contributed by atoms with Gasteiger partial charge in [0, 0.05) is 18.0 Å². The van der Waals surface area contributed by atoms with Crippen LogP contribution < -0.4 is 10.2 Å². The molecule has 0 amide bonds. The zero-order valence-corrected chi connectivity index (χ0v) is 13.6. The molecule has 24 heavy (non-hydrogen) atoms. The molecule has 0 aliphatic heterocycles.